The Kier molecular flexibility index (Phi) is 7.94. The van der Waals surface area contributed by atoms with E-state index in [4.69, 9.17) is 17.3 Å². The summed E-state index contributed by atoms with van der Waals surface area (Å²) in [5.41, 5.74) is 7.38. The number of nitrogens with two attached hydrogens (primary N) is 1. The van der Waals surface area contributed by atoms with Crippen molar-refractivity contribution < 1.29 is 14.0 Å². The Balaban J connectivity index is 1.44. The fourth-order valence-corrected chi connectivity index (χ4v) is 7.11. The highest BCUT2D eigenvalue weighted by Crippen LogP contribution is 2.48. The van der Waals surface area contributed by atoms with Crippen LogP contribution in [0, 0.1) is 17.1 Å². The number of thioether (sulfide) groups is 1. The number of aryl methyl sites for hydroxylation is 1. The van der Waals surface area contributed by atoms with Gasteiger partial charge in [0, 0.05) is 28.3 Å². The summed E-state index contributed by atoms with van der Waals surface area (Å²) in [5, 5.41) is 30.8. The second-order valence-electron chi connectivity index (χ2n) is 8.49. The molecule has 3 N–H and O–H groups in total. The number of hydrogen-bond acceptors (Lipinski definition) is 12. The van der Waals surface area contributed by atoms with Crippen molar-refractivity contribution in [1.82, 2.24) is 20.4 Å². The summed E-state index contributed by atoms with van der Waals surface area (Å²) in [4.78, 5) is 27.1. The second-order valence-corrected chi connectivity index (χ2v) is 12.1. The Morgan fingerprint density at radius 3 is 2.85 bits per heavy atom. The topological polar surface area (TPSA) is 151 Å². The Morgan fingerprint density at radius 2 is 2.13 bits per heavy atom. The maximum Gasteiger partial charge on any atom is 0.236 e. The molecule has 0 radical (unpaired) electrons. The van der Waals surface area contributed by atoms with E-state index in [0.717, 1.165) is 22.8 Å². The van der Waals surface area contributed by atoms with Gasteiger partial charge in [-0.25, -0.2) is 4.39 Å². The van der Waals surface area contributed by atoms with Crippen molar-refractivity contribution in [2.75, 3.05) is 16.0 Å². The number of nitriles is 1. The van der Waals surface area contributed by atoms with Crippen LogP contribution >= 0.6 is 46.0 Å². The lowest BCUT2D eigenvalue weighted by Crippen LogP contribution is -2.39. The molecule has 15 heteroatoms. The maximum absolute atomic E-state index is 15.0. The van der Waals surface area contributed by atoms with Gasteiger partial charge in [-0.15, -0.1) is 20.4 Å². The summed E-state index contributed by atoms with van der Waals surface area (Å²) >= 11 is 10.0. The first kappa shape index (κ1) is 27.2. The molecule has 0 spiro atoms. The fraction of sp³-hybridized carbons (Fsp3) is 0.292. The molecule has 1 aliphatic heterocycles. The number of amides is 1. The molecule has 2 aromatic heterocycles. The van der Waals surface area contributed by atoms with Gasteiger partial charge in [-0.2, -0.15) is 5.26 Å². The Labute approximate surface area is 239 Å². The molecular formula is C24H20ClFN8O2S3. The molecule has 3 heterocycles. The molecule has 0 fully saturated rings. The van der Waals surface area contributed by atoms with Gasteiger partial charge in [0.25, 0.3) is 0 Å². The van der Waals surface area contributed by atoms with Crippen LogP contribution in [0.4, 0.5) is 14.7 Å². The van der Waals surface area contributed by atoms with Crippen LogP contribution in [0.5, 0.6) is 0 Å². The number of aromatic nitrogens is 4. The predicted molar refractivity (Wildman–Crippen MR) is 148 cm³/mol. The lowest BCUT2D eigenvalue weighted by atomic mass is 9.75. The van der Waals surface area contributed by atoms with Gasteiger partial charge in [0.1, 0.15) is 16.6 Å². The summed E-state index contributed by atoms with van der Waals surface area (Å²) < 4.78 is 15.5. The van der Waals surface area contributed by atoms with Crippen LogP contribution in [0.1, 0.15) is 42.7 Å². The molecule has 3 aromatic rings. The maximum atomic E-state index is 15.0. The van der Waals surface area contributed by atoms with E-state index in [1.165, 1.54) is 41.3 Å². The highest BCUT2D eigenvalue weighted by atomic mass is 35.5. The van der Waals surface area contributed by atoms with Gasteiger partial charge in [-0.3, -0.25) is 19.8 Å². The number of carbonyl (C=O) groups excluding carboxylic acids is 2. The molecule has 1 aromatic carbocycles. The van der Waals surface area contributed by atoms with Crippen molar-refractivity contribution in [1.29, 1.82) is 5.26 Å². The number of nitrogens with one attached hydrogen (secondary N) is 1. The van der Waals surface area contributed by atoms with Crippen molar-refractivity contribution in [3.8, 4) is 6.07 Å². The minimum Gasteiger partial charge on any atom is -0.384 e. The normalized spacial score (nSPS) is 17.3. The van der Waals surface area contributed by atoms with E-state index >= 15 is 4.39 Å². The van der Waals surface area contributed by atoms with E-state index in [1.54, 1.807) is 4.90 Å². The number of carbonyl (C=O) groups is 2. The molecule has 5 rings (SSSR count). The minimum absolute atomic E-state index is 0.00304. The zero-order chi connectivity index (χ0) is 27.7. The van der Waals surface area contributed by atoms with Crippen LogP contribution in [0.15, 0.2) is 45.2 Å². The number of halogens is 2. The summed E-state index contributed by atoms with van der Waals surface area (Å²) in [6.45, 7) is 1.95. The summed E-state index contributed by atoms with van der Waals surface area (Å²) in [5.74, 6) is -2.04. The molecule has 0 saturated carbocycles. The summed E-state index contributed by atoms with van der Waals surface area (Å²) in [7, 11) is 0. The summed E-state index contributed by atoms with van der Waals surface area (Å²) in [6.07, 6.45) is 2.02. The number of benzene rings is 1. The first-order chi connectivity index (χ1) is 18.8. The third-order valence-electron chi connectivity index (χ3n) is 6.13. The van der Waals surface area contributed by atoms with Crippen LogP contribution in [0.3, 0.4) is 0 Å². The quantitative estimate of drug-likeness (QED) is 0.361. The van der Waals surface area contributed by atoms with E-state index in [9.17, 15) is 14.9 Å². The zero-order valence-electron chi connectivity index (χ0n) is 20.4. The van der Waals surface area contributed by atoms with Crippen molar-refractivity contribution in [3.63, 3.8) is 0 Å². The minimum atomic E-state index is -1.03. The van der Waals surface area contributed by atoms with Crippen molar-refractivity contribution in [2.45, 2.75) is 42.9 Å². The average molecular weight is 603 g/mol. The number of Topliss-reactive ketones (excluding diaryl/α,β-unsaturated/α-hetero) is 1. The Hall–Kier alpha value is -3.38. The first-order valence-electron chi connectivity index (χ1n) is 11.8. The van der Waals surface area contributed by atoms with Crippen LogP contribution in [-0.2, 0) is 16.0 Å². The van der Waals surface area contributed by atoms with Gasteiger partial charge in [-0.05, 0) is 31.4 Å². The van der Waals surface area contributed by atoms with Gasteiger partial charge in [0.2, 0.25) is 16.2 Å². The Bertz CT molecular complexity index is 1560. The number of allylic oxidation sites excluding steroid dienone is 3. The van der Waals surface area contributed by atoms with E-state index in [2.05, 4.69) is 31.8 Å². The Morgan fingerprint density at radius 1 is 1.31 bits per heavy atom. The molecule has 10 nitrogen and oxygen atoms in total. The van der Waals surface area contributed by atoms with E-state index in [0.29, 0.717) is 33.1 Å². The number of ketones is 1. The molecule has 200 valence electrons. The van der Waals surface area contributed by atoms with Crippen LogP contribution in [0.25, 0.3) is 0 Å². The molecule has 39 heavy (non-hydrogen) atoms. The molecule has 1 atom stereocenters. The molecule has 1 unspecified atom stereocenters. The van der Waals surface area contributed by atoms with Crippen molar-refractivity contribution >= 4 is 68.0 Å². The van der Waals surface area contributed by atoms with Crippen molar-refractivity contribution in [2.24, 2.45) is 5.73 Å². The number of anilines is 2. The van der Waals surface area contributed by atoms with Crippen molar-refractivity contribution in [3.05, 3.63) is 62.3 Å². The van der Waals surface area contributed by atoms with Crippen LogP contribution in [0.2, 0.25) is 5.02 Å². The smallest absolute Gasteiger partial charge is 0.236 e. The van der Waals surface area contributed by atoms with Gasteiger partial charge in [0.05, 0.1) is 23.3 Å². The van der Waals surface area contributed by atoms with E-state index in [1.807, 2.05) is 6.92 Å². The highest BCUT2D eigenvalue weighted by Gasteiger charge is 2.43. The largest absolute Gasteiger partial charge is 0.384 e. The predicted octanol–water partition coefficient (Wildman–Crippen LogP) is 4.78. The molecule has 1 aliphatic carbocycles. The SMILES string of the molecule is CCc1nnc(NC(=O)CSc2nnc(N3C(N)=C(C#N)C(c4c(F)cccc4Cl)C4=C3CCCC4=O)s2)s1. The number of rotatable bonds is 7. The molecular weight excluding hydrogens is 583 g/mol. The highest BCUT2D eigenvalue weighted by molar-refractivity contribution is 8.01. The van der Waals surface area contributed by atoms with E-state index < -0.39 is 11.7 Å². The van der Waals surface area contributed by atoms with Crippen LogP contribution in [-0.4, -0.2) is 37.8 Å². The second kappa shape index (κ2) is 11.4. The lowest BCUT2D eigenvalue weighted by molar-refractivity contribution is -0.116. The lowest BCUT2D eigenvalue weighted by Gasteiger charge is -2.38. The van der Waals surface area contributed by atoms with E-state index in [-0.39, 0.29) is 51.4 Å². The standard InChI is InChI=1S/C24H20ClFN8O2S3/c1-2-17-30-31-22(38-17)29-16(36)10-37-24-33-32-23(39-24)34-14-7-4-8-15(35)20(14)18(11(9-27)21(34)28)19-12(25)5-3-6-13(19)26/h3,5-6,18H,2,4,7-8,10,28H2,1H3,(H,29,31,36). The van der Waals surface area contributed by atoms with Gasteiger partial charge < -0.3 is 5.73 Å². The molecule has 0 bridgehead atoms. The zero-order valence-corrected chi connectivity index (χ0v) is 23.6. The van der Waals surface area contributed by atoms with Gasteiger partial charge in [-0.1, -0.05) is 59.0 Å². The number of hydrogen-bond donors (Lipinski definition) is 2. The van der Waals surface area contributed by atoms with Gasteiger partial charge in [0.15, 0.2) is 10.1 Å². The fourth-order valence-electron chi connectivity index (χ4n) is 4.46. The molecule has 2 aliphatic rings. The average Bonchev–Trinajstić information content (AvgIpc) is 3.57. The number of nitrogens with zero attached hydrogens (tertiary/aromatic N) is 6. The summed E-state index contributed by atoms with van der Waals surface area (Å²) in [6, 6.07) is 6.30. The van der Waals surface area contributed by atoms with Crippen LogP contribution < -0.4 is 16.0 Å². The third kappa shape index (κ3) is 5.27. The van der Waals surface area contributed by atoms with Gasteiger partial charge >= 0.3 is 0 Å². The molecule has 1 amide bonds. The molecule has 0 saturated heterocycles. The first-order valence-corrected chi connectivity index (χ1v) is 14.8. The third-order valence-corrected chi connectivity index (χ3v) is 9.49. The monoisotopic (exact) mass is 602 g/mol.